The van der Waals surface area contributed by atoms with E-state index in [1.165, 1.54) is 27.8 Å². The van der Waals surface area contributed by atoms with Crippen molar-refractivity contribution >= 4 is 11.8 Å². The van der Waals surface area contributed by atoms with Crippen molar-refractivity contribution in [3.05, 3.63) is 63.6 Å². The number of rotatable bonds is 5. The summed E-state index contributed by atoms with van der Waals surface area (Å²) in [6.45, 7) is -0.155. The molecule has 1 aliphatic heterocycles. The molecular weight excluding hydrogens is 372 g/mol. The van der Waals surface area contributed by atoms with Crippen molar-refractivity contribution in [3.8, 4) is 5.75 Å². The summed E-state index contributed by atoms with van der Waals surface area (Å²) in [7, 11) is 1.62. The Labute approximate surface area is 159 Å². The molecule has 0 aliphatic carbocycles. The van der Waals surface area contributed by atoms with Gasteiger partial charge in [-0.25, -0.2) is 8.78 Å². The van der Waals surface area contributed by atoms with E-state index < -0.39 is 34.6 Å². The summed E-state index contributed by atoms with van der Waals surface area (Å²) in [6.07, 6.45) is 1.18. The molecule has 0 radical (unpaired) electrons. The number of nitrogens with one attached hydrogen (secondary N) is 1. The zero-order valence-electron chi connectivity index (χ0n) is 15.1. The minimum atomic E-state index is -0.742. The fraction of sp³-hybridized carbons (Fsp3) is 0.316. The van der Waals surface area contributed by atoms with Gasteiger partial charge in [0.2, 0.25) is 17.2 Å². The quantitative estimate of drug-likeness (QED) is 0.797. The number of amides is 2. The molecule has 2 amide bonds. The first-order valence-electron chi connectivity index (χ1n) is 8.63. The van der Waals surface area contributed by atoms with Gasteiger partial charge in [0.05, 0.1) is 19.0 Å². The number of aryl methyl sites for hydroxylation is 1. The van der Waals surface area contributed by atoms with Gasteiger partial charge in [-0.1, -0.05) is 6.07 Å². The van der Waals surface area contributed by atoms with Crippen LogP contribution in [0.5, 0.6) is 5.75 Å². The van der Waals surface area contributed by atoms with E-state index in [1.54, 1.807) is 7.05 Å². The number of hydrogen-bond acceptors (Lipinski definition) is 4. The van der Waals surface area contributed by atoms with Gasteiger partial charge in [-0.15, -0.1) is 0 Å². The molecule has 2 aromatic rings. The molecule has 7 nitrogen and oxygen atoms in total. The van der Waals surface area contributed by atoms with Crippen LogP contribution in [0.15, 0.2) is 35.3 Å². The fourth-order valence-electron chi connectivity index (χ4n) is 3.13. The van der Waals surface area contributed by atoms with Gasteiger partial charge in [-0.05, 0) is 12.1 Å². The molecule has 1 aromatic carbocycles. The Morgan fingerprint density at radius 1 is 1.29 bits per heavy atom. The second kappa shape index (κ2) is 7.79. The van der Waals surface area contributed by atoms with E-state index in [2.05, 4.69) is 5.32 Å². The molecule has 1 aromatic heterocycles. The second-order valence-electron chi connectivity index (χ2n) is 6.72. The van der Waals surface area contributed by atoms with Crippen molar-refractivity contribution in [2.45, 2.75) is 19.5 Å². The predicted octanol–water partition coefficient (Wildman–Crippen LogP) is 1.03. The number of hydrogen-bond donors (Lipinski definition) is 2. The predicted molar refractivity (Wildman–Crippen MR) is 95.1 cm³/mol. The summed E-state index contributed by atoms with van der Waals surface area (Å²) in [5.41, 5.74) is -0.293. The SMILES string of the molecule is Cn1cc(O)c(=O)cc1CNC(=O)C1CC(=O)N(Cc2c(F)cccc2F)C1. The Kier molecular flexibility index (Phi) is 5.43. The van der Waals surface area contributed by atoms with E-state index in [9.17, 15) is 28.3 Å². The minimum absolute atomic E-state index is 0.0392. The second-order valence-corrected chi connectivity index (χ2v) is 6.72. The van der Waals surface area contributed by atoms with Crippen molar-refractivity contribution in [3.63, 3.8) is 0 Å². The van der Waals surface area contributed by atoms with Crippen molar-refractivity contribution in [2.75, 3.05) is 6.54 Å². The average molecular weight is 391 g/mol. The molecule has 2 heterocycles. The highest BCUT2D eigenvalue weighted by molar-refractivity contribution is 5.89. The molecule has 1 atom stereocenters. The number of aromatic nitrogens is 1. The maximum absolute atomic E-state index is 13.8. The lowest BCUT2D eigenvalue weighted by atomic mass is 10.1. The Hall–Kier alpha value is -3.23. The number of likely N-dealkylation sites (tertiary alicyclic amines) is 1. The standard InChI is InChI=1S/C19H19F2N3O4/c1-23-10-17(26)16(25)6-12(23)7-22-19(28)11-5-18(27)24(8-11)9-13-14(20)3-2-4-15(13)21/h2-4,6,10-11,26H,5,7-9H2,1H3,(H,22,28). The Morgan fingerprint density at radius 2 is 1.96 bits per heavy atom. The molecule has 28 heavy (non-hydrogen) atoms. The van der Waals surface area contributed by atoms with Crippen LogP contribution < -0.4 is 10.7 Å². The summed E-state index contributed by atoms with van der Waals surface area (Å²) < 4.78 is 29.1. The van der Waals surface area contributed by atoms with Crippen molar-refractivity contribution < 1.29 is 23.5 Å². The number of aromatic hydroxyl groups is 1. The molecule has 148 valence electrons. The Bertz CT molecular complexity index is 969. The van der Waals surface area contributed by atoms with Crippen molar-refractivity contribution in [2.24, 2.45) is 13.0 Å². The first-order chi connectivity index (χ1) is 13.3. The number of pyridine rings is 1. The average Bonchev–Trinajstić information content (AvgIpc) is 3.01. The maximum Gasteiger partial charge on any atom is 0.225 e. The molecule has 1 unspecified atom stereocenters. The van der Waals surface area contributed by atoms with Crippen molar-refractivity contribution in [1.82, 2.24) is 14.8 Å². The van der Waals surface area contributed by atoms with Gasteiger partial charge >= 0.3 is 0 Å². The number of carbonyl (C=O) groups excluding carboxylic acids is 2. The molecule has 2 N–H and O–H groups in total. The molecule has 0 bridgehead atoms. The normalized spacial score (nSPS) is 16.5. The molecule has 1 fully saturated rings. The van der Waals surface area contributed by atoms with Crippen LogP contribution in [0.4, 0.5) is 8.78 Å². The van der Waals surface area contributed by atoms with E-state index in [4.69, 9.17) is 0 Å². The number of carbonyl (C=O) groups is 2. The Balaban J connectivity index is 1.62. The zero-order valence-corrected chi connectivity index (χ0v) is 15.1. The summed E-state index contributed by atoms with van der Waals surface area (Å²) >= 11 is 0. The van der Waals surface area contributed by atoms with E-state index in [0.717, 1.165) is 12.1 Å². The van der Waals surface area contributed by atoms with Crippen LogP contribution in [0.25, 0.3) is 0 Å². The third-order valence-electron chi connectivity index (χ3n) is 4.76. The van der Waals surface area contributed by atoms with E-state index >= 15 is 0 Å². The lowest BCUT2D eigenvalue weighted by Gasteiger charge is -2.17. The summed E-state index contributed by atoms with van der Waals surface area (Å²) in [5.74, 6) is -3.29. The molecular formula is C19H19F2N3O4. The zero-order chi connectivity index (χ0) is 20.4. The maximum atomic E-state index is 13.8. The molecule has 0 spiro atoms. The van der Waals surface area contributed by atoms with Crippen LogP contribution in [0.3, 0.4) is 0 Å². The number of benzene rings is 1. The fourth-order valence-corrected chi connectivity index (χ4v) is 3.13. The summed E-state index contributed by atoms with van der Waals surface area (Å²) in [5, 5.41) is 12.0. The first kappa shape index (κ1) is 19.5. The summed E-state index contributed by atoms with van der Waals surface area (Å²) in [4.78, 5) is 37.3. The minimum Gasteiger partial charge on any atom is -0.503 e. The van der Waals surface area contributed by atoms with Crippen LogP contribution in [0.1, 0.15) is 17.7 Å². The number of halogens is 2. The van der Waals surface area contributed by atoms with Gasteiger partial charge in [0.15, 0.2) is 5.75 Å². The first-order valence-corrected chi connectivity index (χ1v) is 8.63. The van der Waals surface area contributed by atoms with E-state index in [1.807, 2.05) is 0 Å². The largest absolute Gasteiger partial charge is 0.503 e. The van der Waals surface area contributed by atoms with E-state index in [-0.39, 0.29) is 37.5 Å². The van der Waals surface area contributed by atoms with Gasteiger partial charge in [-0.3, -0.25) is 14.4 Å². The number of nitrogens with zero attached hydrogens (tertiary/aromatic N) is 2. The van der Waals surface area contributed by atoms with Gasteiger partial charge in [0, 0.05) is 43.5 Å². The van der Waals surface area contributed by atoms with Crippen LogP contribution in [0.2, 0.25) is 0 Å². The topological polar surface area (TPSA) is 91.6 Å². The lowest BCUT2D eigenvalue weighted by Crippen LogP contribution is -2.33. The highest BCUT2D eigenvalue weighted by Gasteiger charge is 2.35. The highest BCUT2D eigenvalue weighted by atomic mass is 19.1. The van der Waals surface area contributed by atoms with E-state index in [0.29, 0.717) is 5.69 Å². The third-order valence-corrected chi connectivity index (χ3v) is 4.76. The molecule has 1 aliphatic rings. The highest BCUT2D eigenvalue weighted by Crippen LogP contribution is 2.23. The third kappa shape index (κ3) is 4.03. The van der Waals surface area contributed by atoms with Crippen LogP contribution >= 0.6 is 0 Å². The molecule has 3 rings (SSSR count). The molecule has 0 saturated carbocycles. The molecule has 9 heteroatoms. The smallest absolute Gasteiger partial charge is 0.225 e. The van der Waals surface area contributed by atoms with Crippen LogP contribution in [-0.4, -0.2) is 32.9 Å². The lowest BCUT2D eigenvalue weighted by molar-refractivity contribution is -0.129. The van der Waals surface area contributed by atoms with Gasteiger partial charge in [-0.2, -0.15) is 0 Å². The van der Waals surface area contributed by atoms with Gasteiger partial charge in [0.25, 0.3) is 0 Å². The monoisotopic (exact) mass is 391 g/mol. The van der Waals surface area contributed by atoms with Crippen LogP contribution in [-0.2, 0) is 29.7 Å². The van der Waals surface area contributed by atoms with Crippen molar-refractivity contribution in [1.29, 1.82) is 0 Å². The van der Waals surface area contributed by atoms with Gasteiger partial charge < -0.3 is 19.9 Å². The summed E-state index contributed by atoms with van der Waals surface area (Å²) in [6, 6.07) is 4.69. The van der Waals surface area contributed by atoms with Crippen LogP contribution in [0, 0.1) is 17.6 Å². The molecule has 1 saturated heterocycles. The van der Waals surface area contributed by atoms with Gasteiger partial charge in [0.1, 0.15) is 11.6 Å². The Morgan fingerprint density at radius 3 is 2.64 bits per heavy atom.